The molecular formula is C15H20F3N3O5S. The fourth-order valence-electron chi connectivity index (χ4n) is 1.86. The van der Waals surface area contributed by atoms with Crippen LogP contribution >= 0.6 is 0 Å². The number of benzene rings is 1. The van der Waals surface area contributed by atoms with Crippen LogP contribution in [0.2, 0.25) is 0 Å². The second-order valence-corrected chi connectivity index (χ2v) is 7.22. The molecule has 0 aromatic heterocycles. The van der Waals surface area contributed by atoms with Crippen molar-refractivity contribution < 1.29 is 35.9 Å². The van der Waals surface area contributed by atoms with Gasteiger partial charge in [0.1, 0.15) is 6.61 Å². The molecular weight excluding hydrogens is 391 g/mol. The van der Waals surface area contributed by atoms with Gasteiger partial charge in [-0.1, -0.05) is 0 Å². The lowest BCUT2D eigenvalue weighted by Crippen LogP contribution is -2.45. The number of rotatable bonds is 9. The number of amides is 2. The van der Waals surface area contributed by atoms with E-state index in [0.717, 1.165) is 0 Å². The van der Waals surface area contributed by atoms with Crippen molar-refractivity contribution in [1.82, 2.24) is 10.0 Å². The maximum absolute atomic E-state index is 12.2. The fraction of sp³-hybridized carbons (Fsp3) is 0.467. The highest BCUT2D eigenvalue weighted by atomic mass is 32.2. The van der Waals surface area contributed by atoms with E-state index in [9.17, 15) is 31.2 Å². The van der Waals surface area contributed by atoms with Gasteiger partial charge in [-0.25, -0.2) is 8.42 Å². The lowest BCUT2D eigenvalue weighted by molar-refractivity contribution is -0.173. The van der Waals surface area contributed by atoms with Crippen LogP contribution < -0.4 is 15.4 Å². The summed E-state index contributed by atoms with van der Waals surface area (Å²) < 4.78 is 66.6. The lowest BCUT2D eigenvalue weighted by atomic mass is 10.3. The van der Waals surface area contributed by atoms with E-state index in [2.05, 4.69) is 20.1 Å². The summed E-state index contributed by atoms with van der Waals surface area (Å²) in [5.41, 5.74) is 0.408. The Morgan fingerprint density at radius 1 is 1.19 bits per heavy atom. The smallest absolute Gasteiger partial charge is 0.370 e. The predicted molar refractivity (Wildman–Crippen MR) is 90.4 cm³/mol. The number of ether oxygens (including phenoxy) is 1. The Morgan fingerprint density at radius 3 is 2.30 bits per heavy atom. The third-order valence-electron chi connectivity index (χ3n) is 3.02. The van der Waals surface area contributed by atoms with E-state index in [1.807, 2.05) is 0 Å². The molecule has 0 radical (unpaired) electrons. The second kappa shape index (κ2) is 9.67. The van der Waals surface area contributed by atoms with Gasteiger partial charge >= 0.3 is 6.18 Å². The molecule has 0 fully saturated rings. The summed E-state index contributed by atoms with van der Waals surface area (Å²) in [6, 6.07) is 4.12. The van der Waals surface area contributed by atoms with Crippen LogP contribution in [-0.2, 0) is 24.3 Å². The topological polar surface area (TPSA) is 114 Å². The lowest BCUT2D eigenvalue weighted by Gasteiger charge is -2.15. The van der Waals surface area contributed by atoms with Crippen LogP contribution in [0.4, 0.5) is 18.9 Å². The molecule has 0 saturated heterocycles. The van der Waals surface area contributed by atoms with E-state index in [1.54, 1.807) is 0 Å². The van der Waals surface area contributed by atoms with Crippen LogP contribution in [-0.4, -0.2) is 52.2 Å². The molecule has 0 unspecified atom stereocenters. The standard InChI is InChI=1S/C15H20F3N3O5S/c1-10(14(23)19-7-8-26-9-15(16,17)18)21-27(24,25)13-5-3-12(4-6-13)20-11(2)22/h3-6,10,21H,7-9H2,1-2H3,(H,19,23)(H,20,22)/t10-/m0/s1. The summed E-state index contributed by atoms with van der Waals surface area (Å²) in [6.07, 6.45) is -4.46. The van der Waals surface area contributed by atoms with Gasteiger partial charge in [0.25, 0.3) is 0 Å². The zero-order valence-electron chi connectivity index (χ0n) is 14.6. The van der Waals surface area contributed by atoms with E-state index in [-0.39, 0.29) is 24.0 Å². The zero-order valence-corrected chi connectivity index (χ0v) is 15.4. The summed E-state index contributed by atoms with van der Waals surface area (Å²) in [4.78, 5) is 22.6. The molecule has 0 aliphatic heterocycles. The van der Waals surface area contributed by atoms with Crippen LogP contribution in [0.3, 0.4) is 0 Å². The van der Waals surface area contributed by atoms with Crippen molar-refractivity contribution in [1.29, 1.82) is 0 Å². The van der Waals surface area contributed by atoms with Gasteiger partial charge in [0.05, 0.1) is 17.5 Å². The Hall–Kier alpha value is -2.18. The zero-order chi connectivity index (χ0) is 20.7. The first-order valence-electron chi connectivity index (χ1n) is 7.73. The molecule has 0 spiro atoms. The highest BCUT2D eigenvalue weighted by molar-refractivity contribution is 7.89. The molecule has 27 heavy (non-hydrogen) atoms. The summed E-state index contributed by atoms with van der Waals surface area (Å²) in [7, 11) is -4.01. The number of nitrogens with one attached hydrogen (secondary N) is 3. The largest absolute Gasteiger partial charge is 0.411 e. The number of hydrogen-bond acceptors (Lipinski definition) is 5. The van der Waals surface area contributed by atoms with E-state index < -0.39 is 34.8 Å². The molecule has 1 aromatic carbocycles. The van der Waals surface area contributed by atoms with Gasteiger partial charge in [0.2, 0.25) is 21.8 Å². The van der Waals surface area contributed by atoms with Gasteiger partial charge in [-0.3, -0.25) is 9.59 Å². The molecule has 152 valence electrons. The summed E-state index contributed by atoms with van der Waals surface area (Å²) in [5.74, 6) is -1.03. The second-order valence-electron chi connectivity index (χ2n) is 5.51. The average molecular weight is 411 g/mol. The SMILES string of the molecule is CC(=O)Nc1ccc(S(=O)(=O)N[C@@H](C)C(=O)NCCOCC(F)(F)F)cc1. The molecule has 1 rings (SSSR count). The van der Waals surface area contributed by atoms with Gasteiger partial charge < -0.3 is 15.4 Å². The number of alkyl halides is 3. The van der Waals surface area contributed by atoms with Crippen molar-refractivity contribution in [3.8, 4) is 0 Å². The van der Waals surface area contributed by atoms with Crippen LogP contribution in [0, 0.1) is 0 Å². The van der Waals surface area contributed by atoms with Gasteiger partial charge in [0, 0.05) is 19.2 Å². The van der Waals surface area contributed by atoms with Crippen LogP contribution in [0.15, 0.2) is 29.2 Å². The Kier molecular flexibility index (Phi) is 8.19. The van der Waals surface area contributed by atoms with E-state index >= 15 is 0 Å². The number of hydrogen-bond donors (Lipinski definition) is 3. The van der Waals surface area contributed by atoms with Gasteiger partial charge in [-0.2, -0.15) is 17.9 Å². The number of anilines is 1. The molecule has 1 atom stereocenters. The summed E-state index contributed by atoms with van der Waals surface area (Å²) in [6.45, 7) is 0.594. The Labute approximate surface area is 154 Å². The molecule has 0 bridgehead atoms. The maximum atomic E-state index is 12.2. The first kappa shape index (κ1) is 22.9. The molecule has 2 amide bonds. The van der Waals surface area contributed by atoms with Crippen LogP contribution in [0.5, 0.6) is 0 Å². The maximum Gasteiger partial charge on any atom is 0.411 e. The molecule has 8 nitrogen and oxygen atoms in total. The average Bonchev–Trinajstić information content (AvgIpc) is 2.52. The Morgan fingerprint density at radius 2 is 1.78 bits per heavy atom. The third-order valence-corrected chi connectivity index (χ3v) is 4.58. The van der Waals surface area contributed by atoms with Crippen LogP contribution in [0.25, 0.3) is 0 Å². The van der Waals surface area contributed by atoms with E-state index in [0.29, 0.717) is 5.69 Å². The molecule has 12 heteroatoms. The number of carbonyl (C=O) groups excluding carboxylic acids is 2. The third kappa shape index (κ3) is 8.84. The first-order chi connectivity index (χ1) is 12.4. The molecule has 3 N–H and O–H groups in total. The van der Waals surface area contributed by atoms with Crippen molar-refractivity contribution in [3.05, 3.63) is 24.3 Å². The van der Waals surface area contributed by atoms with Gasteiger partial charge in [0.15, 0.2) is 0 Å². The Bertz CT molecular complexity index is 751. The van der Waals surface area contributed by atoms with Gasteiger partial charge in [-0.05, 0) is 31.2 Å². The summed E-state index contributed by atoms with van der Waals surface area (Å²) in [5, 5.41) is 4.75. The normalized spacial score (nSPS) is 13.1. The molecule has 0 aliphatic rings. The van der Waals surface area contributed by atoms with Gasteiger partial charge in [-0.15, -0.1) is 0 Å². The van der Waals surface area contributed by atoms with Crippen molar-refractivity contribution in [2.45, 2.75) is 31.0 Å². The van der Waals surface area contributed by atoms with Crippen molar-refractivity contribution in [2.24, 2.45) is 0 Å². The fourth-order valence-corrected chi connectivity index (χ4v) is 3.07. The van der Waals surface area contributed by atoms with Crippen molar-refractivity contribution >= 4 is 27.5 Å². The number of sulfonamides is 1. The minimum Gasteiger partial charge on any atom is -0.370 e. The predicted octanol–water partition coefficient (Wildman–Crippen LogP) is 1.01. The quantitative estimate of drug-likeness (QED) is 0.525. The number of halogens is 3. The first-order valence-corrected chi connectivity index (χ1v) is 9.21. The minimum absolute atomic E-state index is 0.121. The van der Waals surface area contributed by atoms with E-state index in [1.165, 1.54) is 38.1 Å². The minimum atomic E-state index is -4.46. The molecule has 1 aromatic rings. The van der Waals surface area contributed by atoms with Crippen molar-refractivity contribution in [3.63, 3.8) is 0 Å². The molecule has 0 heterocycles. The highest BCUT2D eigenvalue weighted by Gasteiger charge is 2.27. The highest BCUT2D eigenvalue weighted by Crippen LogP contribution is 2.15. The van der Waals surface area contributed by atoms with E-state index in [4.69, 9.17) is 0 Å². The van der Waals surface area contributed by atoms with Crippen LogP contribution in [0.1, 0.15) is 13.8 Å². The number of carbonyl (C=O) groups is 2. The molecule has 0 saturated carbocycles. The monoisotopic (exact) mass is 411 g/mol. The molecule has 0 aliphatic carbocycles. The van der Waals surface area contributed by atoms with Crippen molar-refractivity contribution in [2.75, 3.05) is 25.1 Å². The summed E-state index contributed by atoms with van der Waals surface area (Å²) >= 11 is 0. The Balaban J connectivity index is 2.52.